The molecule has 1 fully saturated rings. The van der Waals surface area contributed by atoms with Gasteiger partial charge in [0.15, 0.2) is 0 Å². The number of ether oxygens (including phenoxy) is 2. The van der Waals surface area contributed by atoms with Gasteiger partial charge in [0.1, 0.15) is 12.4 Å². The van der Waals surface area contributed by atoms with Crippen molar-refractivity contribution < 1.29 is 9.47 Å². The van der Waals surface area contributed by atoms with E-state index in [-0.39, 0.29) is 0 Å². The molecule has 0 atom stereocenters. The molecule has 0 bridgehead atoms. The number of benzene rings is 1. The topological polar surface area (TPSA) is 24.9 Å². The highest BCUT2D eigenvalue weighted by Gasteiger charge is 2.13. The minimum Gasteiger partial charge on any atom is -0.490 e. The van der Waals surface area contributed by atoms with Gasteiger partial charge in [-0.15, -0.1) is 0 Å². The number of nitrogens with zero attached hydrogens (tertiary/aromatic N) is 2. The first-order valence-electron chi connectivity index (χ1n) is 8.05. The molecule has 1 aliphatic rings. The first kappa shape index (κ1) is 18.8. The summed E-state index contributed by atoms with van der Waals surface area (Å²) in [6.45, 7) is 11.1. The van der Waals surface area contributed by atoms with Crippen molar-refractivity contribution in [1.82, 2.24) is 9.80 Å². The van der Waals surface area contributed by atoms with E-state index in [1.807, 2.05) is 19.9 Å². The van der Waals surface area contributed by atoms with E-state index in [0.717, 1.165) is 50.5 Å². The molecule has 0 spiro atoms. The molecule has 1 aromatic rings. The number of piperazine rings is 1. The number of halogens is 2. The molecule has 130 valence electrons. The number of hydrogen-bond donors (Lipinski definition) is 0. The van der Waals surface area contributed by atoms with Crippen LogP contribution in [0.25, 0.3) is 0 Å². The van der Waals surface area contributed by atoms with Crippen LogP contribution in [0, 0.1) is 13.8 Å². The first-order chi connectivity index (χ1) is 11.0. The van der Waals surface area contributed by atoms with Crippen molar-refractivity contribution in [3.05, 3.63) is 27.2 Å². The van der Waals surface area contributed by atoms with E-state index in [1.54, 1.807) is 0 Å². The average molecular weight is 361 g/mol. The third kappa shape index (κ3) is 5.50. The van der Waals surface area contributed by atoms with E-state index < -0.39 is 0 Å². The van der Waals surface area contributed by atoms with Gasteiger partial charge in [-0.05, 0) is 38.1 Å². The van der Waals surface area contributed by atoms with Crippen LogP contribution in [0.5, 0.6) is 5.75 Å². The number of hydrogen-bond acceptors (Lipinski definition) is 4. The summed E-state index contributed by atoms with van der Waals surface area (Å²) in [4.78, 5) is 4.79. The van der Waals surface area contributed by atoms with Crippen LogP contribution < -0.4 is 4.74 Å². The van der Waals surface area contributed by atoms with Gasteiger partial charge < -0.3 is 14.4 Å². The van der Waals surface area contributed by atoms with E-state index in [4.69, 9.17) is 32.7 Å². The Balaban J connectivity index is 1.64. The highest BCUT2D eigenvalue weighted by atomic mass is 35.5. The van der Waals surface area contributed by atoms with Crippen LogP contribution in [-0.4, -0.2) is 69.4 Å². The van der Waals surface area contributed by atoms with Gasteiger partial charge in [0.25, 0.3) is 0 Å². The molecule has 6 heteroatoms. The lowest BCUT2D eigenvalue weighted by Gasteiger charge is -2.32. The summed E-state index contributed by atoms with van der Waals surface area (Å²) in [7, 11) is 2.16. The van der Waals surface area contributed by atoms with Gasteiger partial charge in [0.05, 0.1) is 18.2 Å². The van der Waals surface area contributed by atoms with Crippen molar-refractivity contribution in [1.29, 1.82) is 0 Å². The molecule has 0 saturated carbocycles. The Morgan fingerprint density at radius 1 is 1.00 bits per heavy atom. The Labute approximate surface area is 149 Å². The molecule has 0 amide bonds. The van der Waals surface area contributed by atoms with Crippen molar-refractivity contribution in [2.45, 2.75) is 13.8 Å². The largest absolute Gasteiger partial charge is 0.490 e. The minimum absolute atomic E-state index is 0.489. The van der Waals surface area contributed by atoms with E-state index in [2.05, 4.69) is 16.8 Å². The third-order valence-electron chi connectivity index (χ3n) is 4.20. The van der Waals surface area contributed by atoms with Crippen LogP contribution in [0.1, 0.15) is 11.1 Å². The SMILES string of the molecule is Cc1cc(OCCOCCN2CCN(C)CC2)c(Cl)c(C)c1Cl. The van der Waals surface area contributed by atoms with Crippen molar-refractivity contribution >= 4 is 23.2 Å². The van der Waals surface area contributed by atoms with Crippen molar-refractivity contribution in [2.75, 3.05) is 59.6 Å². The van der Waals surface area contributed by atoms with Gasteiger partial charge in [-0.25, -0.2) is 0 Å². The number of rotatable bonds is 7. The zero-order valence-electron chi connectivity index (χ0n) is 14.2. The second-order valence-corrected chi connectivity index (χ2v) is 6.81. The maximum absolute atomic E-state index is 6.26. The predicted octanol–water partition coefficient (Wildman–Crippen LogP) is 3.25. The lowest BCUT2D eigenvalue weighted by molar-refractivity contribution is 0.0658. The Bertz CT molecular complexity index is 518. The number of aryl methyl sites for hydroxylation is 1. The van der Waals surface area contributed by atoms with E-state index in [9.17, 15) is 0 Å². The van der Waals surface area contributed by atoms with Gasteiger partial charge in [-0.1, -0.05) is 23.2 Å². The molecule has 1 saturated heterocycles. The fourth-order valence-electron chi connectivity index (χ4n) is 2.58. The maximum atomic E-state index is 6.26. The standard InChI is InChI=1S/C17H26Cl2N2O2/c1-13-12-15(17(19)14(2)16(13)18)23-11-10-22-9-8-21-6-4-20(3)5-7-21/h12H,4-11H2,1-3H3. The summed E-state index contributed by atoms with van der Waals surface area (Å²) in [6.07, 6.45) is 0. The molecule has 23 heavy (non-hydrogen) atoms. The van der Waals surface area contributed by atoms with Gasteiger partial charge in [-0.2, -0.15) is 0 Å². The zero-order valence-corrected chi connectivity index (χ0v) is 15.7. The van der Waals surface area contributed by atoms with Gasteiger partial charge >= 0.3 is 0 Å². The Morgan fingerprint density at radius 2 is 1.70 bits per heavy atom. The van der Waals surface area contributed by atoms with Crippen molar-refractivity contribution in [2.24, 2.45) is 0 Å². The smallest absolute Gasteiger partial charge is 0.138 e. The fourth-order valence-corrected chi connectivity index (χ4v) is 2.98. The summed E-state index contributed by atoms with van der Waals surface area (Å²) in [5, 5.41) is 1.28. The zero-order chi connectivity index (χ0) is 16.8. The minimum atomic E-state index is 0.489. The average Bonchev–Trinajstić information content (AvgIpc) is 2.55. The van der Waals surface area contributed by atoms with Gasteiger partial charge in [0.2, 0.25) is 0 Å². The molecule has 1 aliphatic heterocycles. The molecule has 1 heterocycles. The van der Waals surface area contributed by atoms with Gasteiger partial charge in [0, 0.05) is 37.7 Å². The van der Waals surface area contributed by atoms with Crippen LogP contribution in [0.3, 0.4) is 0 Å². The summed E-state index contributed by atoms with van der Waals surface area (Å²) >= 11 is 12.4. The van der Waals surface area contributed by atoms with E-state index in [0.29, 0.717) is 29.0 Å². The molecular weight excluding hydrogens is 335 g/mol. The second kappa shape index (κ2) is 9.09. The molecule has 4 nitrogen and oxygen atoms in total. The van der Waals surface area contributed by atoms with Crippen molar-refractivity contribution in [3.8, 4) is 5.75 Å². The normalized spacial score (nSPS) is 16.7. The lowest BCUT2D eigenvalue weighted by Crippen LogP contribution is -2.45. The first-order valence-corrected chi connectivity index (χ1v) is 8.81. The van der Waals surface area contributed by atoms with Crippen LogP contribution >= 0.6 is 23.2 Å². The highest BCUT2D eigenvalue weighted by Crippen LogP contribution is 2.35. The van der Waals surface area contributed by atoms with Crippen LogP contribution in [0.4, 0.5) is 0 Å². The van der Waals surface area contributed by atoms with Gasteiger partial charge in [-0.3, -0.25) is 4.90 Å². The van der Waals surface area contributed by atoms with Crippen LogP contribution in [0.2, 0.25) is 10.0 Å². The highest BCUT2D eigenvalue weighted by molar-refractivity contribution is 6.37. The Kier molecular flexibility index (Phi) is 7.44. The molecule has 1 aromatic carbocycles. The summed E-state index contributed by atoms with van der Waals surface area (Å²) in [5.41, 5.74) is 1.83. The molecule has 0 N–H and O–H groups in total. The van der Waals surface area contributed by atoms with Crippen LogP contribution in [0.15, 0.2) is 6.07 Å². The summed E-state index contributed by atoms with van der Waals surface area (Å²) in [5.74, 6) is 0.675. The molecule has 0 radical (unpaired) electrons. The predicted molar refractivity (Wildman–Crippen MR) is 96.2 cm³/mol. The molecule has 0 aromatic heterocycles. The molecule has 0 aliphatic carbocycles. The summed E-state index contributed by atoms with van der Waals surface area (Å²) in [6, 6.07) is 1.88. The van der Waals surface area contributed by atoms with E-state index in [1.165, 1.54) is 0 Å². The Morgan fingerprint density at radius 3 is 2.39 bits per heavy atom. The molecule has 0 unspecified atom stereocenters. The molecular formula is C17H26Cl2N2O2. The molecule has 2 rings (SSSR count). The fraction of sp³-hybridized carbons (Fsp3) is 0.647. The monoisotopic (exact) mass is 360 g/mol. The lowest BCUT2D eigenvalue weighted by atomic mass is 10.1. The number of likely N-dealkylation sites (N-methyl/N-ethyl adjacent to an activating group) is 1. The maximum Gasteiger partial charge on any atom is 0.138 e. The Hall–Kier alpha value is -0.520. The van der Waals surface area contributed by atoms with Crippen molar-refractivity contribution in [3.63, 3.8) is 0 Å². The van der Waals surface area contributed by atoms with Crippen LogP contribution in [-0.2, 0) is 4.74 Å². The van der Waals surface area contributed by atoms with E-state index >= 15 is 0 Å². The quantitative estimate of drug-likeness (QED) is 0.696. The second-order valence-electron chi connectivity index (χ2n) is 6.05. The summed E-state index contributed by atoms with van der Waals surface area (Å²) < 4.78 is 11.4. The third-order valence-corrected chi connectivity index (χ3v) is 5.25.